The molecular weight excluding hydrogens is 212 g/mol. The second kappa shape index (κ2) is 6.62. The van der Waals surface area contributed by atoms with Crippen LogP contribution in [0.1, 0.15) is 12.0 Å². The van der Waals surface area contributed by atoms with Gasteiger partial charge in [-0.3, -0.25) is 0 Å². The van der Waals surface area contributed by atoms with Crippen LogP contribution in [0.2, 0.25) is 0 Å². The van der Waals surface area contributed by atoms with E-state index in [1.165, 1.54) is 18.7 Å². The van der Waals surface area contributed by atoms with Gasteiger partial charge in [0.15, 0.2) is 0 Å². The topological polar surface area (TPSA) is 24.5 Å². The Balaban J connectivity index is 1.64. The first-order valence-corrected chi connectivity index (χ1v) is 6.48. The van der Waals surface area contributed by atoms with Gasteiger partial charge in [0.1, 0.15) is 5.75 Å². The maximum Gasteiger partial charge on any atom is 0.122 e. The van der Waals surface area contributed by atoms with Crippen LogP contribution >= 0.6 is 0 Å². The summed E-state index contributed by atoms with van der Waals surface area (Å²) in [4.78, 5) is 2.50. The van der Waals surface area contributed by atoms with Crippen LogP contribution in [-0.2, 0) is 0 Å². The minimum Gasteiger partial charge on any atom is -0.493 e. The van der Waals surface area contributed by atoms with Crippen molar-refractivity contribution in [1.82, 2.24) is 10.2 Å². The van der Waals surface area contributed by atoms with Gasteiger partial charge in [0, 0.05) is 32.7 Å². The molecule has 17 heavy (non-hydrogen) atoms. The van der Waals surface area contributed by atoms with Crippen LogP contribution in [0.4, 0.5) is 0 Å². The Kier molecular flexibility index (Phi) is 4.83. The monoisotopic (exact) mass is 234 g/mol. The third-order valence-electron chi connectivity index (χ3n) is 3.18. The first kappa shape index (κ1) is 12.4. The van der Waals surface area contributed by atoms with Crippen LogP contribution < -0.4 is 10.1 Å². The van der Waals surface area contributed by atoms with E-state index in [4.69, 9.17) is 4.74 Å². The molecule has 1 aromatic carbocycles. The van der Waals surface area contributed by atoms with Crippen molar-refractivity contribution in [2.45, 2.75) is 13.3 Å². The Morgan fingerprint density at radius 3 is 2.76 bits per heavy atom. The average Bonchev–Trinajstić information content (AvgIpc) is 2.38. The lowest BCUT2D eigenvalue weighted by Gasteiger charge is -2.27. The van der Waals surface area contributed by atoms with Crippen LogP contribution in [0.15, 0.2) is 24.3 Å². The van der Waals surface area contributed by atoms with Crippen molar-refractivity contribution in [3.05, 3.63) is 29.8 Å². The maximum absolute atomic E-state index is 5.79. The fraction of sp³-hybridized carbons (Fsp3) is 0.571. The quantitative estimate of drug-likeness (QED) is 0.784. The zero-order valence-electron chi connectivity index (χ0n) is 10.6. The number of aryl methyl sites for hydroxylation is 1. The van der Waals surface area contributed by atoms with Gasteiger partial charge in [-0.15, -0.1) is 0 Å². The fourth-order valence-electron chi connectivity index (χ4n) is 2.12. The summed E-state index contributed by atoms with van der Waals surface area (Å²) >= 11 is 0. The number of benzene rings is 1. The zero-order chi connectivity index (χ0) is 11.9. The van der Waals surface area contributed by atoms with Crippen LogP contribution in [0.5, 0.6) is 5.75 Å². The zero-order valence-corrected chi connectivity index (χ0v) is 10.6. The molecule has 1 heterocycles. The molecule has 1 aliphatic rings. The van der Waals surface area contributed by atoms with E-state index in [1.54, 1.807) is 0 Å². The highest BCUT2D eigenvalue weighted by atomic mass is 16.5. The maximum atomic E-state index is 5.79. The third-order valence-corrected chi connectivity index (χ3v) is 3.18. The molecule has 0 saturated carbocycles. The molecule has 1 aromatic rings. The highest BCUT2D eigenvalue weighted by molar-refractivity contribution is 5.31. The van der Waals surface area contributed by atoms with Gasteiger partial charge < -0.3 is 15.0 Å². The molecule has 0 spiro atoms. The number of hydrogen-bond donors (Lipinski definition) is 1. The first-order valence-electron chi connectivity index (χ1n) is 6.48. The standard InChI is InChI=1S/C14H22N2O/c1-13-5-2-3-6-14(13)17-12-4-9-16-10-7-15-8-11-16/h2-3,5-6,15H,4,7-12H2,1H3. The Labute approximate surface area is 104 Å². The lowest BCUT2D eigenvalue weighted by molar-refractivity contribution is 0.213. The van der Waals surface area contributed by atoms with E-state index in [1.807, 2.05) is 18.2 Å². The van der Waals surface area contributed by atoms with Gasteiger partial charge in [-0.1, -0.05) is 18.2 Å². The summed E-state index contributed by atoms with van der Waals surface area (Å²) < 4.78 is 5.79. The Hall–Kier alpha value is -1.06. The van der Waals surface area contributed by atoms with E-state index in [9.17, 15) is 0 Å². The van der Waals surface area contributed by atoms with Crippen molar-refractivity contribution in [1.29, 1.82) is 0 Å². The molecule has 0 radical (unpaired) electrons. The second-order valence-corrected chi connectivity index (χ2v) is 4.56. The normalized spacial score (nSPS) is 17.0. The van der Waals surface area contributed by atoms with Gasteiger partial charge in [0.05, 0.1) is 6.61 Å². The van der Waals surface area contributed by atoms with Crippen LogP contribution in [-0.4, -0.2) is 44.2 Å². The predicted molar refractivity (Wildman–Crippen MR) is 70.6 cm³/mol. The lowest BCUT2D eigenvalue weighted by atomic mass is 10.2. The molecule has 94 valence electrons. The van der Waals surface area contributed by atoms with Crippen LogP contribution in [0, 0.1) is 6.92 Å². The molecule has 2 rings (SSSR count). The van der Waals surface area contributed by atoms with Gasteiger partial charge in [0.25, 0.3) is 0 Å². The van der Waals surface area contributed by atoms with E-state index in [-0.39, 0.29) is 0 Å². The number of nitrogens with zero attached hydrogens (tertiary/aromatic N) is 1. The Bertz CT molecular complexity index is 335. The molecule has 0 aliphatic carbocycles. The van der Waals surface area contributed by atoms with Crippen LogP contribution in [0.3, 0.4) is 0 Å². The van der Waals surface area contributed by atoms with Gasteiger partial charge >= 0.3 is 0 Å². The fourth-order valence-corrected chi connectivity index (χ4v) is 2.12. The lowest BCUT2D eigenvalue weighted by Crippen LogP contribution is -2.43. The number of hydrogen-bond acceptors (Lipinski definition) is 3. The SMILES string of the molecule is Cc1ccccc1OCCCN1CCNCC1. The summed E-state index contributed by atoms with van der Waals surface area (Å²) in [5, 5.41) is 3.37. The van der Waals surface area contributed by atoms with Gasteiger partial charge in [-0.25, -0.2) is 0 Å². The molecule has 1 N–H and O–H groups in total. The number of ether oxygens (including phenoxy) is 1. The molecular formula is C14H22N2O. The summed E-state index contributed by atoms with van der Waals surface area (Å²) in [5.74, 6) is 1.02. The minimum absolute atomic E-state index is 0.814. The van der Waals surface area contributed by atoms with Crippen molar-refractivity contribution in [2.24, 2.45) is 0 Å². The highest BCUT2D eigenvalue weighted by Crippen LogP contribution is 2.16. The van der Waals surface area contributed by atoms with Crippen molar-refractivity contribution < 1.29 is 4.74 Å². The van der Waals surface area contributed by atoms with Gasteiger partial charge in [-0.05, 0) is 25.0 Å². The highest BCUT2D eigenvalue weighted by Gasteiger charge is 2.08. The third kappa shape index (κ3) is 4.02. The molecule has 1 aliphatic heterocycles. The number of rotatable bonds is 5. The minimum atomic E-state index is 0.814. The average molecular weight is 234 g/mol. The number of piperazine rings is 1. The molecule has 0 amide bonds. The Morgan fingerprint density at radius 2 is 2.00 bits per heavy atom. The van der Waals surface area contributed by atoms with Crippen molar-refractivity contribution >= 4 is 0 Å². The van der Waals surface area contributed by atoms with Crippen molar-refractivity contribution in [2.75, 3.05) is 39.3 Å². The predicted octanol–water partition coefficient (Wildman–Crippen LogP) is 1.67. The van der Waals surface area contributed by atoms with Crippen molar-refractivity contribution in [3.63, 3.8) is 0 Å². The smallest absolute Gasteiger partial charge is 0.122 e. The summed E-state index contributed by atoms with van der Waals surface area (Å²) in [7, 11) is 0. The van der Waals surface area contributed by atoms with E-state index in [0.29, 0.717) is 0 Å². The molecule has 0 bridgehead atoms. The van der Waals surface area contributed by atoms with E-state index < -0.39 is 0 Å². The molecule has 1 fully saturated rings. The summed E-state index contributed by atoms with van der Waals surface area (Å²) in [6.07, 6.45) is 1.11. The molecule has 0 atom stereocenters. The van der Waals surface area contributed by atoms with Crippen LogP contribution in [0.25, 0.3) is 0 Å². The first-order chi connectivity index (χ1) is 8.36. The molecule has 3 heteroatoms. The van der Waals surface area contributed by atoms with Gasteiger partial charge in [-0.2, -0.15) is 0 Å². The molecule has 1 saturated heterocycles. The van der Waals surface area contributed by atoms with Gasteiger partial charge in [0.2, 0.25) is 0 Å². The number of nitrogens with one attached hydrogen (secondary N) is 1. The van der Waals surface area contributed by atoms with Crippen molar-refractivity contribution in [3.8, 4) is 5.75 Å². The summed E-state index contributed by atoms with van der Waals surface area (Å²) in [6.45, 7) is 8.64. The van der Waals surface area contributed by atoms with E-state index in [2.05, 4.69) is 23.2 Å². The largest absolute Gasteiger partial charge is 0.493 e. The molecule has 0 unspecified atom stereocenters. The number of para-hydroxylation sites is 1. The Morgan fingerprint density at radius 1 is 1.24 bits per heavy atom. The molecule has 3 nitrogen and oxygen atoms in total. The molecule has 0 aromatic heterocycles. The summed E-state index contributed by atoms with van der Waals surface area (Å²) in [5.41, 5.74) is 1.22. The summed E-state index contributed by atoms with van der Waals surface area (Å²) in [6, 6.07) is 8.20. The van der Waals surface area contributed by atoms with E-state index >= 15 is 0 Å². The second-order valence-electron chi connectivity index (χ2n) is 4.56. The van der Waals surface area contributed by atoms with E-state index in [0.717, 1.165) is 38.4 Å².